The van der Waals surface area contributed by atoms with Crippen LogP contribution in [-0.4, -0.2) is 60.1 Å². The average Bonchev–Trinajstić information content (AvgIpc) is 3.19. The molecule has 0 saturated carbocycles. The summed E-state index contributed by atoms with van der Waals surface area (Å²) < 4.78 is 27.8. The molecule has 0 aliphatic carbocycles. The van der Waals surface area contributed by atoms with Gasteiger partial charge in [-0.25, -0.2) is 9.59 Å². The third-order valence-electron chi connectivity index (χ3n) is 7.47. The van der Waals surface area contributed by atoms with E-state index in [4.69, 9.17) is 23.7 Å². The number of fused-ring (bicyclic) bond motifs is 1. The predicted octanol–water partition coefficient (Wildman–Crippen LogP) is 2.23. The summed E-state index contributed by atoms with van der Waals surface area (Å²) in [4.78, 5) is 27.8. The van der Waals surface area contributed by atoms with Crippen LogP contribution in [0.4, 0.5) is 0 Å². The van der Waals surface area contributed by atoms with Crippen LogP contribution in [-0.2, 0) is 36.8 Å². The number of hydrogen-bond acceptors (Lipinski definition) is 8. The van der Waals surface area contributed by atoms with Crippen LogP contribution >= 0.6 is 0 Å². The summed E-state index contributed by atoms with van der Waals surface area (Å²) in [5.41, 5.74) is -1.40. The van der Waals surface area contributed by atoms with E-state index in [0.29, 0.717) is 25.9 Å². The largest absolute Gasteiger partial charge is 0.466 e. The molecule has 3 saturated heterocycles. The van der Waals surface area contributed by atoms with Gasteiger partial charge in [-0.15, -0.1) is 0 Å². The number of hydrogen-bond donors (Lipinski definition) is 0. The number of piperidine rings is 1. The number of benzene rings is 2. The molecule has 8 nitrogen and oxygen atoms in total. The summed E-state index contributed by atoms with van der Waals surface area (Å²) in [5, 5.41) is 0. The zero-order valence-corrected chi connectivity index (χ0v) is 18.5. The molecule has 4 aliphatic heterocycles. The number of likely N-dealkylation sites (tertiary alicyclic amines) is 1. The molecule has 2 aromatic rings. The third kappa shape index (κ3) is 2.77. The molecule has 4 aliphatic rings. The summed E-state index contributed by atoms with van der Waals surface area (Å²) in [6.07, 6.45) is 1.15. The van der Waals surface area contributed by atoms with Crippen LogP contribution < -0.4 is 9.47 Å². The fourth-order valence-corrected chi connectivity index (χ4v) is 5.80. The highest BCUT2D eigenvalue weighted by Gasteiger charge is 2.93. The third-order valence-corrected chi connectivity index (χ3v) is 7.47. The lowest BCUT2D eigenvalue weighted by Crippen LogP contribution is -2.61. The molecule has 1 spiro atoms. The highest BCUT2D eigenvalue weighted by atomic mass is 16.7. The van der Waals surface area contributed by atoms with E-state index < -0.39 is 28.7 Å². The van der Waals surface area contributed by atoms with Gasteiger partial charge in [-0.05, 0) is 36.6 Å². The van der Waals surface area contributed by atoms with Gasteiger partial charge in [0.2, 0.25) is 6.79 Å². The number of ether oxygens (including phenoxy) is 5. The molecule has 4 atom stereocenters. The van der Waals surface area contributed by atoms with Gasteiger partial charge in [-0.1, -0.05) is 36.4 Å². The Morgan fingerprint density at radius 3 is 2.70 bits per heavy atom. The lowest BCUT2D eigenvalue weighted by atomic mass is 9.72. The van der Waals surface area contributed by atoms with Crippen molar-refractivity contribution in [1.29, 1.82) is 0 Å². The number of epoxide rings is 1. The number of methoxy groups -OCH3 is 1. The van der Waals surface area contributed by atoms with E-state index in [9.17, 15) is 9.59 Å². The predicted molar refractivity (Wildman–Crippen MR) is 115 cm³/mol. The van der Waals surface area contributed by atoms with Crippen molar-refractivity contribution in [2.45, 2.75) is 49.2 Å². The summed E-state index contributed by atoms with van der Waals surface area (Å²) in [6, 6.07) is 16.1. The molecule has 33 heavy (non-hydrogen) atoms. The Morgan fingerprint density at radius 1 is 1.12 bits per heavy atom. The van der Waals surface area contributed by atoms with Gasteiger partial charge >= 0.3 is 11.9 Å². The molecule has 0 N–H and O–H groups in total. The molecule has 0 bridgehead atoms. The Bertz CT molecular complexity index is 1140. The van der Waals surface area contributed by atoms with Crippen LogP contribution in [0.5, 0.6) is 11.5 Å². The van der Waals surface area contributed by atoms with Crippen molar-refractivity contribution in [2.75, 3.05) is 20.4 Å². The average molecular weight is 451 g/mol. The van der Waals surface area contributed by atoms with E-state index in [2.05, 4.69) is 17.0 Å². The first-order chi connectivity index (χ1) is 15.9. The number of nitrogens with zero attached hydrogens (tertiary/aromatic N) is 1. The molecule has 8 heteroatoms. The maximum Gasteiger partial charge on any atom is 0.354 e. The van der Waals surface area contributed by atoms with Gasteiger partial charge in [0.1, 0.15) is 0 Å². The minimum Gasteiger partial charge on any atom is -0.466 e. The quantitative estimate of drug-likeness (QED) is 0.389. The van der Waals surface area contributed by atoms with Gasteiger partial charge < -0.3 is 23.7 Å². The summed E-state index contributed by atoms with van der Waals surface area (Å²) in [5.74, 6) is 0.126. The number of carbonyl (C=O) groups is 2. The zero-order chi connectivity index (χ0) is 22.8. The van der Waals surface area contributed by atoms with Gasteiger partial charge in [-0.3, -0.25) is 4.90 Å². The van der Waals surface area contributed by atoms with E-state index in [-0.39, 0.29) is 12.8 Å². The Hall–Kier alpha value is -3.10. The standard InChI is InChI=1S/C25H25NO7/c1-23-14-26(13-16-6-4-3-5-7-16)18(10-17-8-9-19-20(11-17)31-15-30-19)12-24(23)25(33-24,21(27)29-2)22(28)32-23/h3-9,11,18H,10,12-15H2,1-2H3/t18-,23-,24-,25+/m0/s1. The minimum atomic E-state index is -1.66. The summed E-state index contributed by atoms with van der Waals surface area (Å²) in [7, 11) is 1.27. The fraction of sp³-hybridized carbons (Fsp3) is 0.440. The van der Waals surface area contributed by atoms with E-state index in [1.165, 1.54) is 7.11 Å². The molecule has 6 rings (SSSR count). The van der Waals surface area contributed by atoms with Gasteiger partial charge in [-0.2, -0.15) is 0 Å². The molecule has 0 aromatic heterocycles. The second kappa shape index (κ2) is 6.95. The van der Waals surface area contributed by atoms with Crippen LogP contribution in [0, 0.1) is 0 Å². The molecular formula is C25H25NO7. The van der Waals surface area contributed by atoms with Gasteiger partial charge in [0.25, 0.3) is 5.60 Å². The van der Waals surface area contributed by atoms with Crippen LogP contribution in [0.15, 0.2) is 48.5 Å². The first-order valence-electron chi connectivity index (χ1n) is 11.1. The second-order valence-corrected chi connectivity index (χ2v) is 9.36. The van der Waals surface area contributed by atoms with Gasteiger partial charge in [0.05, 0.1) is 7.11 Å². The maximum absolute atomic E-state index is 12.9. The van der Waals surface area contributed by atoms with Crippen LogP contribution in [0.3, 0.4) is 0 Å². The van der Waals surface area contributed by atoms with Crippen molar-refractivity contribution in [3.8, 4) is 11.5 Å². The number of carbonyl (C=O) groups excluding carboxylic acids is 2. The van der Waals surface area contributed by atoms with Crippen molar-refractivity contribution in [3.05, 3.63) is 59.7 Å². The second-order valence-electron chi connectivity index (χ2n) is 9.36. The molecule has 3 fully saturated rings. The van der Waals surface area contributed by atoms with Crippen molar-refractivity contribution < 1.29 is 33.3 Å². The molecule has 172 valence electrons. The molecule has 0 radical (unpaired) electrons. The van der Waals surface area contributed by atoms with Crippen molar-refractivity contribution in [3.63, 3.8) is 0 Å². The Kier molecular flexibility index (Phi) is 4.32. The van der Waals surface area contributed by atoms with Crippen LogP contribution in [0.2, 0.25) is 0 Å². The Morgan fingerprint density at radius 2 is 1.91 bits per heavy atom. The summed E-state index contributed by atoms with van der Waals surface area (Å²) in [6.45, 7) is 3.21. The summed E-state index contributed by atoms with van der Waals surface area (Å²) >= 11 is 0. The lowest BCUT2D eigenvalue weighted by Gasteiger charge is -2.46. The van der Waals surface area contributed by atoms with Crippen LogP contribution in [0.1, 0.15) is 24.5 Å². The van der Waals surface area contributed by atoms with E-state index in [1.807, 2.05) is 43.3 Å². The fourth-order valence-electron chi connectivity index (χ4n) is 5.80. The minimum absolute atomic E-state index is 0.000293. The first-order valence-corrected chi connectivity index (χ1v) is 11.1. The van der Waals surface area contributed by atoms with Crippen LogP contribution in [0.25, 0.3) is 0 Å². The van der Waals surface area contributed by atoms with Gasteiger partial charge in [0, 0.05) is 25.6 Å². The van der Waals surface area contributed by atoms with E-state index >= 15 is 0 Å². The lowest BCUT2D eigenvalue weighted by molar-refractivity contribution is -0.179. The maximum atomic E-state index is 12.9. The first kappa shape index (κ1) is 20.5. The van der Waals surface area contributed by atoms with Gasteiger partial charge in [0.15, 0.2) is 22.7 Å². The molecule has 0 amide bonds. The topological polar surface area (TPSA) is 86.8 Å². The SMILES string of the molecule is COC(=O)[C@]12O[C@]13C[C@H](Cc1ccc4c(c1)OCO4)N(Cc1ccccc1)C[C@]3(C)OC2=O. The normalized spacial score (nSPS) is 33.8. The highest BCUT2D eigenvalue weighted by Crippen LogP contribution is 2.66. The monoisotopic (exact) mass is 451 g/mol. The number of esters is 2. The smallest absolute Gasteiger partial charge is 0.354 e. The zero-order valence-electron chi connectivity index (χ0n) is 18.5. The molecule has 0 unspecified atom stereocenters. The van der Waals surface area contributed by atoms with E-state index in [1.54, 1.807) is 0 Å². The van der Waals surface area contributed by atoms with Crippen molar-refractivity contribution in [1.82, 2.24) is 4.90 Å². The molecule has 2 aromatic carbocycles. The Balaban J connectivity index is 1.35. The van der Waals surface area contributed by atoms with Crippen molar-refractivity contribution in [2.24, 2.45) is 0 Å². The molecule has 4 heterocycles. The molecular weight excluding hydrogens is 426 g/mol. The number of rotatable bonds is 5. The van der Waals surface area contributed by atoms with Crippen molar-refractivity contribution >= 4 is 11.9 Å². The Labute approximate surface area is 191 Å². The van der Waals surface area contributed by atoms with E-state index in [0.717, 1.165) is 22.6 Å². The highest BCUT2D eigenvalue weighted by molar-refractivity contribution is 6.11.